The highest BCUT2D eigenvalue weighted by molar-refractivity contribution is 5.84. The highest BCUT2D eigenvalue weighted by atomic mass is 16.5. The molecule has 0 aliphatic rings. The third-order valence-electron chi connectivity index (χ3n) is 2.96. The van der Waals surface area contributed by atoms with Crippen LogP contribution < -0.4 is 15.4 Å². The zero-order valence-corrected chi connectivity index (χ0v) is 14.5. The van der Waals surface area contributed by atoms with E-state index < -0.39 is 0 Å². The molecule has 0 saturated heterocycles. The smallest absolute Gasteiger partial charge is 0.243 e. The van der Waals surface area contributed by atoms with E-state index in [4.69, 9.17) is 4.74 Å². The van der Waals surface area contributed by atoms with Crippen LogP contribution in [0.3, 0.4) is 0 Å². The zero-order chi connectivity index (χ0) is 17.1. The van der Waals surface area contributed by atoms with Gasteiger partial charge in [-0.05, 0) is 18.1 Å². The van der Waals surface area contributed by atoms with Crippen molar-refractivity contribution < 1.29 is 9.53 Å². The van der Waals surface area contributed by atoms with Gasteiger partial charge in [-0.25, -0.2) is 4.99 Å². The molecule has 1 aromatic carbocycles. The Kier molecular flexibility index (Phi) is 8.57. The minimum absolute atomic E-state index is 0.0313. The molecule has 0 fully saturated rings. The van der Waals surface area contributed by atoms with Crippen LogP contribution in [0.15, 0.2) is 35.3 Å². The Morgan fingerprint density at radius 3 is 2.52 bits per heavy atom. The fraction of sp³-hybridized carbons (Fsp3) is 0.529. The topological polar surface area (TPSA) is 66.0 Å². The van der Waals surface area contributed by atoms with Gasteiger partial charge in [-0.2, -0.15) is 0 Å². The number of nitrogens with one attached hydrogen (secondary N) is 2. The van der Waals surface area contributed by atoms with E-state index in [1.165, 1.54) is 4.90 Å². The quantitative estimate of drug-likeness (QED) is 0.431. The maximum absolute atomic E-state index is 11.6. The number of carbonyl (C=O) groups is 1. The molecule has 6 heteroatoms. The van der Waals surface area contributed by atoms with Crippen molar-refractivity contribution in [1.82, 2.24) is 15.5 Å². The average Bonchev–Trinajstić information content (AvgIpc) is 2.53. The number of guanidine groups is 1. The van der Waals surface area contributed by atoms with Crippen LogP contribution in [0, 0.1) is 5.92 Å². The molecule has 0 saturated carbocycles. The van der Waals surface area contributed by atoms with Gasteiger partial charge in [0.05, 0.1) is 6.54 Å². The molecule has 0 atom stereocenters. The molecule has 0 bridgehead atoms. The second-order valence-electron chi connectivity index (χ2n) is 5.82. The number of likely N-dealkylation sites (N-methyl/N-ethyl adjacent to an activating group) is 1. The Hall–Kier alpha value is -2.24. The van der Waals surface area contributed by atoms with Crippen molar-refractivity contribution in [3.05, 3.63) is 30.3 Å². The lowest BCUT2D eigenvalue weighted by atomic mass is 10.2. The first-order valence-corrected chi connectivity index (χ1v) is 7.89. The number of rotatable bonds is 8. The van der Waals surface area contributed by atoms with Crippen molar-refractivity contribution in [2.75, 3.05) is 40.3 Å². The van der Waals surface area contributed by atoms with Crippen LogP contribution in [-0.2, 0) is 4.79 Å². The highest BCUT2D eigenvalue weighted by Crippen LogP contribution is 2.07. The molecule has 0 aliphatic heterocycles. The molecule has 23 heavy (non-hydrogen) atoms. The summed E-state index contributed by atoms with van der Waals surface area (Å²) in [6, 6.07) is 9.66. The fourth-order valence-corrected chi connectivity index (χ4v) is 1.62. The normalized spacial score (nSPS) is 11.3. The average molecular weight is 320 g/mol. The summed E-state index contributed by atoms with van der Waals surface area (Å²) in [7, 11) is 3.44. The van der Waals surface area contributed by atoms with E-state index >= 15 is 0 Å². The Morgan fingerprint density at radius 2 is 1.91 bits per heavy atom. The summed E-state index contributed by atoms with van der Waals surface area (Å²) in [6.45, 7) is 6.28. The summed E-state index contributed by atoms with van der Waals surface area (Å²) in [6.07, 6.45) is 0. The summed E-state index contributed by atoms with van der Waals surface area (Å²) >= 11 is 0. The third-order valence-corrected chi connectivity index (χ3v) is 2.96. The van der Waals surface area contributed by atoms with Gasteiger partial charge in [0.25, 0.3) is 0 Å². The SMILES string of the molecule is CC(C)CNC(=NCC(=O)N(C)C)NCCOc1ccccc1. The summed E-state index contributed by atoms with van der Waals surface area (Å²) in [4.78, 5) is 17.5. The number of amides is 1. The highest BCUT2D eigenvalue weighted by Gasteiger charge is 2.05. The van der Waals surface area contributed by atoms with E-state index in [1.807, 2.05) is 30.3 Å². The van der Waals surface area contributed by atoms with Gasteiger partial charge in [0.1, 0.15) is 18.9 Å². The lowest BCUT2D eigenvalue weighted by molar-refractivity contribution is -0.127. The largest absolute Gasteiger partial charge is 0.492 e. The van der Waals surface area contributed by atoms with Crippen molar-refractivity contribution in [2.24, 2.45) is 10.9 Å². The molecule has 1 aromatic rings. The van der Waals surface area contributed by atoms with Crippen LogP contribution in [0.4, 0.5) is 0 Å². The Bertz CT molecular complexity index is 487. The minimum Gasteiger partial charge on any atom is -0.492 e. The van der Waals surface area contributed by atoms with Crippen molar-refractivity contribution in [2.45, 2.75) is 13.8 Å². The monoisotopic (exact) mass is 320 g/mol. The fourth-order valence-electron chi connectivity index (χ4n) is 1.62. The first-order valence-electron chi connectivity index (χ1n) is 7.89. The first kappa shape index (κ1) is 18.8. The maximum atomic E-state index is 11.6. The molecule has 0 aliphatic carbocycles. The molecule has 0 spiro atoms. The molecule has 0 aromatic heterocycles. The number of carbonyl (C=O) groups excluding carboxylic acids is 1. The van der Waals surface area contributed by atoms with E-state index in [0.717, 1.165) is 12.3 Å². The molecular formula is C17H28N4O2. The van der Waals surface area contributed by atoms with Gasteiger partial charge in [-0.3, -0.25) is 4.79 Å². The standard InChI is InChI=1S/C17H28N4O2/c1-14(2)12-19-17(20-13-16(22)21(3)4)18-10-11-23-15-8-6-5-7-9-15/h5-9,14H,10-13H2,1-4H3,(H2,18,19,20). The Labute approximate surface area is 138 Å². The van der Waals surface area contributed by atoms with Crippen molar-refractivity contribution in [3.63, 3.8) is 0 Å². The summed E-state index contributed by atoms with van der Waals surface area (Å²) < 4.78 is 5.63. The number of hydrogen-bond donors (Lipinski definition) is 2. The molecule has 2 N–H and O–H groups in total. The van der Waals surface area contributed by atoms with Crippen LogP contribution in [0.1, 0.15) is 13.8 Å². The van der Waals surface area contributed by atoms with Crippen LogP contribution >= 0.6 is 0 Å². The number of nitrogens with zero attached hydrogens (tertiary/aromatic N) is 2. The van der Waals surface area contributed by atoms with Gasteiger partial charge in [0.15, 0.2) is 5.96 Å². The molecular weight excluding hydrogens is 292 g/mol. The Morgan fingerprint density at radius 1 is 1.22 bits per heavy atom. The summed E-state index contributed by atoms with van der Waals surface area (Å²) in [5, 5.41) is 6.41. The summed E-state index contributed by atoms with van der Waals surface area (Å²) in [5.74, 6) is 1.93. The lowest BCUT2D eigenvalue weighted by Gasteiger charge is -2.15. The van der Waals surface area contributed by atoms with E-state index in [-0.39, 0.29) is 12.5 Å². The molecule has 0 unspecified atom stereocenters. The number of ether oxygens (including phenoxy) is 1. The lowest BCUT2D eigenvalue weighted by Crippen LogP contribution is -2.41. The van der Waals surface area contributed by atoms with Crippen molar-refractivity contribution >= 4 is 11.9 Å². The predicted molar refractivity (Wildman–Crippen MR) is 93.8 cm³/mol. The molecule has 1 rings (SSSR count). The second-order valence-corrected chi connectivity index (χ2v) is 5.82. The van der Waals surface area contributed by atoms with E-state index in [0.29, 0.717) is 25.0 Å². The van der Waals surface area contributed by atoms with E-state index in [9.17, 15) is 4.79 Å². The maximum Gasteiger partial charge on any atom is 0.243 e. The van der Waals surface area contributed by atoms with Gasteiger partial charge in [-0.15, -0.1) is 0 Å². The van der Waals surface area contributed by atoms with Gasteiger partial charge < -0.3 is 20.3 Å². The number of para-hydroxylation sites is 1. The minimum atomic E-state index is -0.0313. The van der Waals surface area contributed by atoms with E-state index in [1.54, 1.807) is 14.1 Å². The number of benzene rings is 1. The van der Waals surface area contributed by atoms with Gasteiger partial charge in [0, 0.05) is 20.6 Å². The molecule has 0 heterocycles. The first-order chi connectivity index (χ1) is 11.0. The number of hydrogen-bond acceptors (Lipinski definition) is 3. The number of aliphatic imine (C=N–C) groups is 1. The van der Waals surface area contributed by atoms with Crippen LogP contribution in [0.25, 0.3) is 0 Å². The Balaban J connectivity index is 2.42. The predicted octanol–water partition coefficient (Wildman–Crippen LogP) is 1.34. The third kappa shape index (κ3) is 8.70. The van der Waals surface area contributed by atoms with Gasteiger partial charge in [-0.1, -0.05) is 32.0 Å². The molecule has 6 nitrogen and oxygen atoms in total. The van der Waals surface area contributed by atoms with Gasteiger partial charge in [0.2, 0.25) is 5.91 Å². The second kappa shape index (κ2) is 10.5. The van der Waals surface area contributed by atoms with Crippen LogP contribution in [0.2, 0.25) is 0 Å². The van der Waals surface area contributed by atoms with Crippen LogP contribution in [0.5, 0.6) is 5.75 Å². The zero-order valence-electron chi connectivity index (χ0n) is 14.5. The molecule has 0 radical (unpaired) electrons. The van der Waals surface area contributed by atoms with Crippen LogP contribution in [-0.4, -0.2) is 57.1 Å². The molecule has 128 valence electrons. The van der Waals surface area contributed by atoms with Crippen molar-refractivity contribution in [1.29, 1.82) is 0 Å². The van der Waals surface area contributed by atoms with E-state index in [2.05, 4.69) is 29.5 Å². The summed E-state index contributed by atoms with van der Waals surface area (Å²) in [5.41, 5.74) is 0. The molecule has 1 amide bonds. The van der Waals surface area contributed by atoms with Gasteiger partial charge >= 0.3 is 0 Å². The van der Waals surface area contributed by atoms with Crippen molar-refractivity contribution in [3.8, 4) is 5.75 Å².